The van der Waals surface area contributed by atoms with Gasteiger partial charge in [-0.1, -0.05) is 11.6 Å². The number of carbonyl (C=O) groups excluding carboxylic acids is 1. The molecule has 12 heteroatoms. The highest BCUT2D eigenvalue weighted by molar-refractivity contribution is 6.31. The molecule has 0 bridgehead atoms. The van der Waals surface area contributed by atoms with Crippen molar-refractivity contribution in [3.05, 3.63) is 61.9 Å². The molecule has 2 heterocycles. The first-order valence-electron chi connectivity index (χ1n) is 8.34. The van der Waals surface area contributed by atoms with E-state index in [-0.39, 0.29) is 11.1 Å². The third-order valence-electron chi connectivity index (χ3n) is 4.21. The molecule has 1 amide bonds. The minimum Gasteiger partial charge on any atom is -0.495 e. The van der Waals surface area contributed by atoms with Gasteiger partial charge in [0.2, 0.25) is 5.91 Å². The number of nitrogens with zero attached hydrogens (tertiary/aromatic N) is 3. The second kappa shape index (κ2) is 7.82. The molecular weight excluding hydrogens is 429 g/mol. The summed E-state index contributed by atoms with van der Waals surface area (Å²) in [5.74, 6) is -0.440. The lowest BCUT2D eigenvalue weighted by atomic mass is 10.2. The van der Waals surface area contributed by atoms with Crippen LogP contribution < -0.4 is 21.3 Å². The molecule has 0 atom stereocenters. The minimum atomic E-state index is -4.74. The topological polar surface area (TPSA) is 95.2 Å². The lowest BCUT2D eigenvalue weighted by Crippen LogP contribution is -2.42. The number of alkyl halides is 3. The third kappa shape index (κ3) is 4.01. The van der Waals surface area contributed by atoms with Gasteiger partial charge in [-0.2, -0.15) is 13.2 Å². The Morgan fingerprint density at radius 2 is 1.93 bits per heavy atom. The number of pyridine rings is 1. The zero-order valence-electron chi connectivity index (χ0n) is 15.6. The predicted octanol–water partition coefficient (Wildman–Crippen LogP) is 2.41. The van der Waals surface area contributed by atoms with E-state index >= 15 is 0 Å². The molecule has 2 aromatic heterocycles. The van der Waals surface area contributed by atoms with Gasteiger partial charge in [-0.25, -0.2) is 9.78 Å². The molecule has 0 fully saturated rings. The molecule has 0 spiro atoms. The number of methoxy groups -OCH3 is 1. The number of carbonyl (C=O) groups is 1. The highest BCUT2D eigenvalue weighted by Gasteiger charge is 2.33. The Morgan fingerprint density at radius 3 is 2.57 bits per heavy atom. The van der Waals surface area contributed by atoms with E-state index in [1.165, 1.54) is 19.2 Å². The van der Waals surface area contributed by atoms with E-state index in [0.29, 0.717) is 21.4 Å². The molecule has 3 rings (SSSR count). The third-order valence-corrected chi connectivity index (χ3v) is 4.45. The summed E-state index contributed by atoms with van der Waals surface area (Å²) in [5.41, 5.74) is -3.40. The Bertz CT molecular complexity index is 1270. The smallest absolute Gasteiger partial charge is 0.433 e. The van der Waals surface area contributed by atoms with Gasteiger partial charge in [0.25, 0.3) is 5.56 Å². The molecule has 0 saturated heterocycles. The van der Waals surface area contributed by atoms with Crippen LogP contribution in [0.3, 0.4) is 0 Å². The number of aryl methyl sites for hydroxylation is 1. The molecule has 0 unspecified atom stereocenters. The first-order chi connectivity index (χ1) is 14.0. The SMILES string of the molecule is COc1ccc(Cl)cc1NC(=O)Cn1c(=O)c2ccc(C(F)(F)F)nc2n(C)c1=O. The van der Waals surface area contributed by atoms with Crippen LogP contribution in [0.25, 0.3) is 11.0 Å². The average molecular weight is 443 g/mol. The fourth-order valence-electron chi connectivity index (χ4n) is 2.78. The molecule has 1 N–H and O–H groups in total. The van der Waals surface area contributed by atoms with Crippen molar-refractivity contribution in [2.45, 2.75) is 12.7 Å². The number of nitrogens with one attached hydrogen (secondary N) is 1. The normalized spacial score (nSPS) is 11.5. The van der Waals surface area contributed by atoms with Gasteiger partial charge in [0.1, 0.15) is 23.6 Å². The number of rotatable bonds is 4. The Kier molecular flexibility index (Phi) is 5.57. The predicted molar refractivity (Wildman–Crippen MR) is 103 cm³/mol. The van der Waals surface area contributed by atoms with Crippen LogP contribution >= 0.6 is 11.6 Å². The number of hydrogen-bond donors (Lipinski definition) is 1. The second-order valence-corrected chi connectivity index (χ2v) is 6.63. The number of benzene rings is 1. The molecule has 3 aromatic rings. The summed E-state index contributed by atoms with van der Waals surface area (Å²) in [6.07, 6.45) is -4.74. The van der Waals surface area contributed by atoms with Gasteiger partial charge in [-0.3, -0.25) is 18.7 Å². The number of anilines is 1. The van der Waals surface area contributed by atoms with Crippen molar-refractivity contribution < 1.29 is 22.7 Å². The molecule has 30 heavy (non-hydrogen) atoms. The molecule has 0 saturated carbocycles. The molecular formula is C18H14ClF3N4O4. The van der Waals surface area contributed by atoms with Crippen LogP contribution in [0.1, 0.15) is 5.69 Å². The van der Waals surface area contributed by atoms with Crippen LogP contribution in [0.5, 0.6) is 5.75 Å². The summed E-state index contributed by atoms with van der Waals surface area (Å²) in [6, 6.07) is 6.03. The zero-order chi connectivity index (χ0) is 22.2. The number of hydrogen-bond acceptors (Lipinski definition) is 5. The van der Waals surface area contributed by atoms with Crippen molar-refractivity contribution >= 4 is 34.2 Å². The standard InChI is InChI=1S/C18H14ClF3N4O4/c1-25-15-10(4-6-13(24-15)18(20,21)22)16(28)26(17(25)29)8-14(27)23-11-7-9(19)3-5-12(11)30-2/h3-7H,8H2,1-2H3,(H,23,27). The van der Waals surface area contributed by atoms with Gasteiger partial charge in [0, 0.05) is 12.1 Å². The summed E-state index contributed by atoms with van der Waals surface area (Å²) >= 11 is 5.90. The Labute approximate surface area is 171 Å². The van der Waals surface area contributed by atoms with Gasteiger partial charge in [0.15, 0.2) is 0 Å². The van der Waals surface area contributed by atoms with Crippen LogP contribution in [-0.4, -0.2) is 27.1 Å². The van der Waals surface area contributed by atoms with Crippen LogP contribution in [0.4, 0.5) is 18.9 Å². The van der Waals surface area contributed by atoms with Crippen LogP contribution in [0.15, 0.2) is 39.9 Å². The first-order valence-corrected chi connectivity index (χ1v) is 8.72. The van der Waals surface area contributed by atoms with Crippen LogP contribution in [0, 0.1) is 0 Å². The van der Waals surface area contributed by atoms with E-state index in [1.807, 2.05) is 0 Å². The van der Waals surface area contributed by atoms with Gasteiger partial charge in [-0.05, 0) is 30.3 Å². The molecule has 8 nitrogen and oxygen atoms in total. The van der Waals surface area contributed by atoms with Crippen molar-refractivity contribution in [1.29, 1.82) is 0 Å². The van der Waals surface area contributed by atoms with Gasteiger partial charge < -0.3 is 10.1 Å². The van der Waals surface area contributed by atoms with E-state index in [4.69, 9.17) is 16.3 Å². The van der Waals surface area contributed by atoms with Gasteiger partial charge >= 0.3 is 11.9 Å². The van der Waals surface area contributed by atoms with Crippen molar-refractivity contribution in [3.63, 3.8) is 0 Å². The Hall–Kier alpha value is -3.34. The number of aromatic nitrogens is 3. The number of ether oxygens (including phenoxy) is 1. The molecule has 0 aliphatic carbocycles. The second-order valence-electron chi connectivity index (χ2n) is 6.19. The summed E-state index contributed by atoms with van der Waals surface area (Å²) in [6.45, 7) is -0.682. The summed E-state index contributed by atoms with van der Waals surface area (Å²) < 4.78 is 45.2. The van der Waals surface area contributed by atoms with E-state index in [9.17, 15) is 27.6 Å². The lowest BCUT2D eigenvalue weighted by molar-refractivity contribution is -0.141. The maximum absolute atomic E-state index is 12.9. The maximum atomic E-state index is 12.9. The quantitative estimate of drug-likeness (QED) is 0.669. The van der Waals surface area contributed by atoms with E-state index in [0.717, 1.165) is 17.7 Å². The van der Waals surface area contributed by atoms with E-state index in [2.05, 4.69) is 10.3 Å². The van der Waals surface area contributed by atoms with Crippen molar-refractivity contribution in [3.8, 4) is 5.75 Å². The molecule has 0 radical (unpaired) electrons. The van der Waals surface area contributed by atoms with Crippen LogP contribution in [0.2, 0.25) is 5.02 Å². The number of amides is 1. The van der Waals surface area contributed by atoms with Crippen LogP contribution in [-0.2, 0) is 24.6 Å². The van der Waals surface area contributed by atoms with E-state index in [1.54, 1.807) is 6.07 Å². The van der Waals surface area contributed by atoms with Gasteiger partial charge in [-0.15, -0.1) is 0 Å². The number of fused-ring (bicyclic) bond motifs is 1. The highest BCUT2D eigenvalue weighted by atomic mass is 35.5. The summed E-state index contributed by atoms with van der Waals surface area (Å²) in [4.78, 5) is 40.9. The number of halogens is 4. The van der Waals surface area contributed by atoms with Gasteiger partial charge in [0.05, 0.1) is 18.2 Å². The molecule has 158 valence electrons. The average Bonchev–Trinajstić information content (AvgIpc) is 2.68. The van der Waals surface area contributed by atoms with E-state index < -0.39 is 41.2 Å². The monoisotopic (exact) mass is 442 g/mol. The summed E-state index contributed by atoms with van der Waals surface area (Å²) in [7, 11) is 2.54. The lowest BCUT2D eigenvalue weighted by Gasteiger charge is -2.13. The molecule has 0 aliphatic rings. The summed E-state index contributed by atoms with van der Waals surface area (Å²) in [5, 5.41) is 2.56. The fraction of sp³-hybridized carbons (Fsp3) is 0.222. The minimum absolute atomic E-state index is 0.220. The first kappa shape index (κ1) is 21.4. The largest absolute Gasteiger partial charge is 0.495 e. The zero-order valence-corrected chi connectivity index (χ0v) is 16.3. The molecule has 0 aliphatic heterocycles. The Morgan fingerprint density at radius 1 is 1.23 bits per heavy atom. The van der Waals surface area contributed by atoms with Crippen molar-refractivity contribution in [2.75, 3.05) is 12.4 Å². The Balaban J connectivity index is 2.01. The van der Waals surface area contributed by atoms with Crippen molar-refractivity contribution in [2.24, 2.45) is 7.05 Å². The fourth-order valence-corrected chi connectivity index (χ4v) is 2.96. The van der Waals surface area contributed by atoms with Crippen molar-refractivity contribution in [1.82, 2.24) is 14.1 Å². The maximum Gasteiger partial charge on any atom is 0.433 e. The molecule has 1 aromatic carbocycles. The highest BCUT2D eigenvalue weighted by Crippen LogP contribution is 2.28.